The van der Waals surface area contributed by atoms with Gasteiger partial charge in [-0.3, -0.25) is 15.1 Å². The predicted molar refractivity (Wildman–Crippen MR) is 133 cm³/mol. The Bertz CT molecular complexity index is 932. The molecule has 10 nitrogen and oxygen atoms in total. The number of piperidine rings is 1. The smallest absolute Gasteiger partial charge is 0.320 e. The first-order valence-corrected chi connectivity index (χ1v) is 14.9. The summed E-state index contributed by atoms with van der Waals surface area (Å²) < 4.78 is 29.3. The minimum atomic E-state index is -3.51. The molecular formula is C24H42N6O4S. The van der Waals surface area contributed by atoms with Gasteiger partial charge in [-0.1, -0.05) is 0 Å². The minimum absolute atomic E-state index is 0.172. The van der Waals surface area contributed by atoms with Crippen LogP contribution in [-0.4, -0.2) is 110 Å². The van der Waals surface area contributed by atoms with E-state index in [9.17, 15) is 18.0 Å². The highest BCUT2D eigenvalue weighted by Crippen LogP contribution is 2.40. The first kappa shape index (κ1) is 25.4. The molecule has 5 fully saturated rings. The van der Waals surface area contributed by atoms with Gasteiger partial charge in [0, 0.05) is 50.7 Å². The molecule has 0 aromatic heterocycles. The number of imide groups is 1. The van der Waals surface area contributed by atoms with E-state index in [2.05, 4.69) is 22.1 Å². The monoisotopic (exact) mass is 510 g/mol. The number of nitrogens with zero attached hydrogens (tertiary/aromatic N) is 4. The van der Waals surface area contributed by atoms with Crippen LogP contribution >= 0.6 is 0 Å². The Morgan fingerprint density at radius 3 is 2.37 bits per heavy atom. The van der Waals surface area contributed by atoms with Gasteiger partial charge in [0.05, 0.1) is 11.2 Å². The summed E-state index contributed by atoms with van der Waals surface area (Å²) in [4.78, 5) is 33.2. The molecule has 0 spiro atoms. The van der Waals surface area contributed by atoms with E-state index in [0.717, 1.165) is 51.9 Å². The van der Waals surface area contributed by atoms with Gasteiger partial charge in [-0.2, -0.15) is 0 Å². The summed E-state index contributed by atoms with van der Waals surface area (Å²) in [6.45, 7) is 6.54. The van der Waals surface area contributed by atoms with Gasteiger partial charge in [0.1, 0.15) is 0 Å². The maximum absolute atomic E-state index is 13.7. The van der Waals surface area contributed by atoms with Crippen LogP contribution < -0.4 is 10.1 Å². The standard InChI is InChI=1S/C24H42N6O4S/c1-24(8-9-24)26-35(33,34)19-4-5-21-20(12-19)22(31)30(16-18-13-25-28(3)14-18)23(32)29(21)15-17-6-10-27(2)11-7-17/h17-21,25-26H,4-16H2,1-3H3. The Kier molecular flexibility index (Phi) is 6.93. The normalized spacial score (nSPS) is 34.9. The third kappa shape index (κ3) is 5.39. The third-order valence-corrected chi connectivity index (χ3v) is 11.1. The molecule has 5 rings (SSSR count). The zero-order valence-electron chi connectivity index (χ0n) is 21.4. The molecule has 2 N–H and O–H groups in total. The lowest BCUT2D eigenvalue weighted by Crippen LogP contribution is -2.65. The summed E-state index contributed by atoms with van der Waals surface area (Å²) in [5.74, 6) is -0.0302. The largest absolute Gasteiger partial charge is 0.326 e. The maximum Gasteiger partial charge on any atom is 0.326 e. The van der Waals surface area contributed by atoms with Crippen molar-refractivity contribution < 1.29 is 18.0 Å². The van der Waals surface area contributed by atoms with E-state index in [1.165, 1.54) is 4.90 Å². The highest BCUT2D eigenvalue weighted by molar-refractivity contribution is 7.90. The second-order valence-corrected chi connectivity index (χ2v) is 14.0. The number of fused-ring (bicyclic) bond motifs is 1. The SMILES string of the molecule is CN1CCC(CN2C(=O)N(CC3CNN(C)C3)C(=O)C3CC(S(=O)(=O)NC4(C)CC4)CCC32)CC1. The molecule has 4 atom stereocenters. The molecule has 3 aliphatic heterocycles. The summed E-state index contributed by atoms with van der Waals surface area (Å²) in [5, 5.41) is 1.42. The summed E-state index contributed by atoms with van der Waals surface area (Å²) >= 11 is 0. The van der Waals surface area contributed by atoms with Gasteiger partial charge in [-0.05, 0) is 77.9 Å². The van der Waals surface area contributed by atoms with E-state index in [1.54, 1.807) is 0 Å². The molecule has 5 aliphatic rings. The Morgan fingerprint density at radius 1 is 1.03 bits per heavy atom. The summed E-state index contributed by atoms with van der Waals surface area (Å²) in [7, 11) is 0.582. The number of hydrazine groups is 1. The van der Waals surface area contributed by atoms with Crippen molar-refractivity contribution in [1.82, 2.24) is 29.9 Å². The molecule has 11 heteroatoms. The molecule has 35 heavy (non-hydrogen) atoms. The second-order valence-electron chi connectivity index (χ2n) is 12.1. The molecule has 2 aliphatic carbocycles. The van der Waals surface area contributed by atoms with Crippen molar-refractivity contribution in [2.24, 2.45) is 17.8 Å². The van der Waals surface area contributed by atoms with Gasteiger partial charge in [0.25, 0.3) is 0 Å². The number of carbonyl (C=O) groups is 2. The van der Waals surface area contributed by atoms with Crippen LogP contribution in [0, 0.1) is 17.8 Å². The molecular weight excluding hydrogens is 468 g/mol. The van der Waals surface area contributed by atoms with Crippen molar-refractivity contribution in [1.29, 1.82) is 0 Å². The van der Waals surface area contributed by atoms with Gasteiger partial charge in [-0.25, -0.2) is 22.9 Å². The fraction of sp³-hybridized carbons (Fsp3) is 0.917. The van der Waals surface area contributed by atoms with E-state index in [-0.39, 0.29) is 29.4 Å². The van der Waals surface area contributed by atoms with Gasteiger partial charge >= 0.3 is 6.03 Å². The van der Waals surface area contributed by atoms with Gasteiger partial charge in [-0.15, -0.1) is 0 Å². The summed E-state index contributed by atoms with van der Waals surface area (Å²) in [6, 6.07) is -0.368. The van der Waals surface area contributed by atoms with Crippen molar-refractivity contribution in [3.8, 4) is 0 Å². The molecule has 2 saturated carbocycles. The number of sulfonamides is 1. The Balaban J connectivity index is 1.35. The maximum atomic E-state index is 13.7. The number of likely N-dealkylation sites (tertiary alicyclic amines) is 1. The number of amides is 3. The summed E-state index contributed by atoms with van der Waals surface area (Å²) in [5.41, 5.74) is 2.94. The lowest BCUT2D eigenvalue weighted by atomic mass is 9.80. The van der Waals surface area contributed by atoms with Gasteiger partial charge in [0.2, 0.25) is 15.9 Å². The molecule has 0 aromatic rings. The zero-order valence-corrected chi connectivity index (χ0v) is 22.2. The minimum Gasteiger partial charge on any atom is -0.320 e. The van der Waals surface area contributed by atoms with E-state index >= 15 is 0 Å². The number of urea groups is 1. The van der Waals surface area contributed by atoms with Crippen LogP contribution in [0.15, 0.2) is 0 Å². The summed E-state index contributed by atoms with van der Waals surface area (Å²) in [6.07, 6.45) is 5.17. The zero-order chi connectivity index (χ0) is 25.0. The van der Waals surface area contributed by atoms with E-state index in [1.807, 2.05) is 23.9 Å². The van der Waals surface area contributed by atoms with Crippen molar-refractivity contribution >= 4 is 22.0 Å². The van der Waals surface area contributed by atoms with Crippen molar-refractivity contribution in [3.05, 3.63) is 0 Å². The predicted octanol–water partition coefficient (Wildman–Crippen LogP) is 0.668. The van der Waals surface area contributed by atoms with Crippen LogP contribution in [0.3, 0.4) is 0 Å². The number of nitrogens with one attached hydrogen (secondary N) is 2. The van der Waals surface area contributed by atoms with Gasteiger partial charge < -0.3 is 9.80 Å². The molecule has 3 heterocycles. The van der Waals surface area contributed by atoms with Crippen molar-refractivity contribution in [3.63, 3.8) is 0 Å². The average Bonchev–Trinajstić information content (AvgIpc) is 3.38. The van der Waals surface area contributed by atoms with Crippen LogP contribution in [-0.2, 0) is 14.8 Å². The van der Waals surface area contributed by atoms with Crippen LogP contribution in [0.4, 0.5) is 4.79 Å². The molecule has 198 valence electrons. The second kappa shape index (κ2) is 9.55. The molecule has 0 aromatic carbocycles. The van der Waals surface area contributed by atoms with E-state index in [4.69, 9.17) is 0 Å². The number of hydrogen-bond donors (Lipinski definition) is 2. The Labute approximate surface area is 209 Å². The van der Waals surface area contributed by atoms with Crippen molar-refractivity contribution in [2.75, 3.05) is 53.4 Å². The number of carbonyl (C=O) groups excluding carboxylic acids is 2. The van der Waals surface area contributed by atoms with Crippen LogP contribution in [0.25, 0.3) is 0 Å². The van der Waals surface area contributed by atoms with E-state index < -0.39 is 21.2 Å². The number of hydrogen-bond acceptors (Lipinski definition) is 7. The molecule has 4 unspecified atom stereocenters. The van der Waals surface area contributed by atoms with Gasteiger partial charge in [0.15, 0.2) is 0 Å². The van der Waals surface area contributed by atoms with Crippen LogP contribution in [0.5, 0.6) is 0 Å². The van der Waals surface area contributed by atoms with Crippen LogP contribution in [0.2, 0.25) is 0 Å². The Morgan fingerprint density at radius 2 is 1.74 bits per heavy atom. The molecule has 0 radical (unpaired) electrons. The van der Waals surface area contributed by atoms with E-state index in [0.29, 0.717) is 38.3 Å². The Hall–Kier alpha value is -1.27. The highest BCUT2D eigenvalue weighted by atomic mass is 32.2. The third-order valence-electron chi connectivity index (χ3n) is 8.97. The fourth-order valence-electron chi connectivity index (χ4n) is 6.43. The quantitative estimate of drug-likeness (QED) is 0.519. The van der Waals surface area contributed by atoms with Crippen molar-refractivity contribution in [2.45, 2.75) is 68.7 Å². The first-order chi connectivity index (χ1) is 16.5. The topological polar surface area (TPSA) is 105 Å². The average molecular weight is 511 g/mol. The first-order valence-electron chi connectivity index (χ1n) is 13.3. The fourth-order valence-corrected chi connectivity index (χ4v) is 8.39. The number of rotatable bonds is 7. The lowest BCUT2D eigenvalue weighted by molar-refractivity contribution is -0.141. The molecule has 3 saturated heterocycles. The lowest BCUT2D eigenvalue weighted by Gasteiger charge is -2.49. The highest BCUT2D eigenvalue weighted by Gasteiger charge is 2.52. The molecule has 0 bridgehead atoms. The molecule has 3 amide bonds. The van der Waals surface area contributed by atoms with Crippen LogP contribution in [0.1, 0.15) is 51.9 Å².